The molecule has 1 amide bonds. The number of para-hydroxylation sites is 2. The molecular weight excluding hydrogens is 352 g/mol. The third kappa shape index (κ3) is 2.85. The summed E-state index contributed by atoms with van der Waals surface area (Å²) in [6.45, 7) is 2.02. The third-order valence-electron chi connectivity index (χ3n) is 6.23. The number of carbonyl (C=O) groups excluding carboxylic acids is 1. The van der Waals surface area contributed by atoms with Crippen LogP contribution in [0.4, 0.5) is 5.95 Å². The second kappa shape index (κ2) is 6.63. The summed E-state index contributed by atoms with van der Waals surface area (Å²) in [4.78, 5) is 17.7. The van der Waals surface area contributed by atoms with Gasteiger partial charge in [-0.25, -0.2) is 4.98 Å². The van der Waals surface area contributed by atoms with E-state index in [1.807, 2.05) is 53.1 Å². The van der Waals surface area contributed by atoms with E-state index in [2.05, 4.69) is 10.6 Å². The highest BCUT2D eigenvalue weighted by Gasteiger charge is 2.57. The third-order valence-corrected chi connectivity index (χ3v) is 6.23. The molecule has 2 N–H and O–H groups in total. The predicted octanol–water partition coefficient (Wildman–Crippen LogP) is 3.36. The van der Waals surface area contributed by atoms with E-state index in [1.54, 1.807) is 7.11 Å². The van der Waals surface area contributed by atoms with Crippen LogP contribution in [0.15, 0.2) is 48.5 Å². The van der Waals surface area contributed by atoms with E-state index in [1.165, 1.54) is 0 Å². The highest BCUT2D eigenvalue weighted by molar-refractivity contribution is 5.96. The van der Waals surface area contributed by atoms with Crippen molar-refractivity contribution in [2.45, 2.75) is 19.3 Å². The van der Waals surface area contributed by atoms with Gasteiger partial charge >= 0.3 is 0 Å². The number of hydrogen-bond donors (Lipinski definition) is 2. The molecule has 2 heterocycles. The Balaban J connectivity index is 1.48. The van der Waals surface area contributed by atoms with Crippen LogP contribution in [0.25, 0.3) is 16.7 Å². The Morgan fingerprint density at radius 2 is 1.93 bits per heavy atom. The predicted molar refractivity (Wildman–Crippen MR) is 109 cm³/mol. The van der Waals surface area contributed by atoms with E-state index in [0.29, 0.717) is 5.95 Å². The van der Waals surface area contributed by atoms with Crippen molar-refractivity contribution >= 4 is 22.9 Å². The van der Waals surface area contributed by atoms with Gasteiger partial charge in [-0.1, -0.05) is 12.1 Å². The fraction of sp³-hybridized carbons (Fsp3) is 0.364. The summed E-state index contributed by atoms with van der Waals surface area (Å²) in [6, 6.07) is 15.7. The van der Waals surface area contributed by atoms with Crippen molar-refractivity contribution in [1.82, 2.24) is 14.9 Å². The Labute approximate surface area is 163 Å². The summed E-state index contributed by atoms with van der Waals surface area (Å²) < 4.78 is 7.28. The molecule has 6 nitrogen and oxygen atoms in total. The highest BCUT2D eigenvalue weighted by Crippen LogP contribution is 2.58. The first-order chi connectivity index (χ1) is 13.7. The second-order valence-electron chi connectivity index (χ2n) is 7.82. The van der Waals surface area contributed by atoms with Crippen molar-refractivity contribution in [2.24, 2.45) is 11.3 Å². The van der Waals surface area contributed by atoms with Gasteiger partial charge in [0.25, 0.3) is 0 Å². The minimum absolute atomic E-state index is 0.0898. The van der Waals surface area contributed by atoms with E-state index in [9.17, 15) is 4.79 Å². The SMILES string of the molecule is COc1ccc(-n2c(NC(=O)C3CC34CCNCC4)nc3ccccc32)cc1. The van der Waals surface area contributed by atoms with Gasteiger partial charge in [-0.3, -0.25) is 14.7 Å². The number of amides is 1. The van der Waals surface area contributed by atoms with Crippen molar-refractivity contribution < 1.29 is 9.53 Å². The number of anilines is 1. The quantitative estimate of drug-likeness (QED) is 0.733. The number of carbonyl (C=O) groups is 1. The number of ether oxygens (including phenoxy) is 1. The van der Waals surface area contributed by atoms with Gasteiger partial charge in [-0.15, -0.1) is 0 Å². The Bertz CT molecular complexity index is 1020. The maximum absolute atomic E-state index is 13.0. The normalized spacial score (nSPS) is 20.2. The second-order valence-corrected chi connectivity index (χ2v) is 7.82. The van der Waals surface area contributed by atoms with E-state index >= 15 is 0 Å². The number of imidazole rings is 1. The number of fused-ring (bicyclic) bond motifs is 1. The molecule has 1 aliphatic carbocycles. The summed E-state index contributed by atoms with van der Waals surface area (Å²) in [6.07, 6.45) is 3.16. The number of nitrogens with zero attached hydrogens (tertiary/aromatic N) is 2. The lowest BCUT2D eigenvalue weighted by Crippen LogP contribution is -2.32. The van der Waals surface area contributed by atoms with Crippen LogP contribution in [0.2, 0.25) is 0 Å². The summed E-state index contributed by atoms with van der Waals surface area (Å²) in [5.41, 5.74) is 2.97. The maximum atomic E-state index is 13.0. The van der Waals surface area contributed by atoms with E-state index < -0.39 is 0 Å². The molecule has 1 aliphatic heterocycles. The van der Waals surface area contributed by atoms with Gasteiger partial charge in [0, 0.05) is 11.6 Å². The summed E-state index contributed by atoms with van der Waals surface area (Å²) >= 11 is 0. The topological polar surface area (TPSA) is 68.2 Å². The van der Waals surface area contributed by atoms with Crippen LogP contribution in [0.1, 0.15) is 19.3 Å². The number of aromatic nitrogens is 2. The van der Waals surface area contributed by atoms with Crippen LogP contribution in [0, 0.1) is 11.3 Å². The fourth-order valence-corrected chi connectivity index (χ4v) is 4.50. The number of hydrogen-bond acceptors (Lipinski definition) is 4. The molecule has 6 heteroatoms. The minimum atomic E-state index is 0.0898. The van der Waals surface area contributed by atoms with Crippen molar-refractivity contribution in [3.8, 4) is 11.4 Å². The molecule has 0 bridgehead atoms. The molecule has 2 fully saturated rings. The van der Waals surface area contributed by atoms with Gasteiger partial charge < -0.3 is 10.1 Å². The monoisotopic (exact) mass is 376 g/mol. The van der Waals surface area contributed by atoms with Gasteiger partial charge in [-0.2, -0.15) is 0 Å². The molecule has 1 unspecified atom stereocenters. The summed E-state index contributed by atoms with van der Waals surface area (Å²) in [5, 5.41) is 6.51. The fourth-order valence-electron chi connectivity index (χ4n) is 4.50. The molecule has 1 saturated carbocycles. The molecule has 1 atom stereocenters. The van der Waals surface area contributed by atoms with Gasteiger partial charge in [0.1, 0.15) is 5.75 Å². The molecule has 2 aliphatic rings. The first-order valence-corrected chi connectivity index (χ1v) is 9.84. The van der Waals surface area contributed by atoms with Gasteiger partial charge in [0.15, 0.2) is 0 Å². The summed E-state index contributed by atoms with van der Waals surface area (Å²) in [7, 11) is 1.65. The zero-order chi connectivity index (χ0) is 19.1. The van der Waals surface area contributed by atoms with Crippen LogP contribution in [-0.4, -0.2) is 35.7 Å². The molecule has 5 rings (SSSR count). The molecule has 2 aromatic carbocycles. The minimum Gasteiger partial charge on any atom is -0.497 e. The summed E-state index contributed by atoms with van der Waals surface area (Å²) in [5.74, 6) is 1.56. The number of methoxy groups -OCH3 is 1. The first-order valence-electron chi connectivity index (χ1n) is 9.84. The zero-order valence-electron chi connectivity index (χ0n) is 15.9. The lowest BCUT2D eigenvalue weighted by molar-refractivity contribution is -0.118. The maximum Gasteiger partial charge on any atom is 0.230 e. The number of rotatable bonds is 4. The molecule has 3 aromatic rings. The molecule has 1 aromatic heterocycles. The average Bonchev–Trinajstić information content (AvgIpc) is 3.30. The van der Waals surface area contributed by atoms with Gasteiger partial charge in [0.2, 0.25) is 11.9 Å². The van der Waals surface area contributed by atoms with E-state index in [0.717, 1.165) is 54.8 Å². The van der Waals surface area contributed by atoms with Gasteiger partial charge in [0.05, 0.1) is 18.1 Å². The van der Waals surface area contributed by atoms with Crippen LogP contribution in [0.5, 0.6) is 5.75 Å². The lowest BCUT2D eigenvalue weighted by Gasteiger charge is -2.23. The molecule has 1 saturated heterocycles. The molecule has 1 spiro atoms. The average molecular weight is 376 g/mol. The molecule has 28 heavy (non-hydrogen) atoms. The van der Waals surface area contributed by atoms with Crippen LogP contribution in [-0.2, 0) is 4.79 Å². The zero-order valence-corrected chi connectivity index (χ0v) is 15.9. The van der Waals surface area contributed by atoms with Gasteiger partial charge in [-0.05, 0) is 74.2 Å². The molecule has 0 radical (unpaired) electrons. The van der Waals surface area contributed by atoms with Crippen LogP contribution < -0.4 is 15.4 Å². The Hall–Kier alpha value is -2.86. The Kier molecular flexibility index (Phi) is 4.09. The van der Waals surface area contributed by atoms with E-state index in [4.69, 9.17) is 9.72 Å². The Morgan fingerprint density at radius 3 is 2.68 bits per heavy atom. The van der Waals surface area contributed by atoms with Crippen LogP contribution >= 0.6 is 0 Å². The standard InChI is InChI=1S/C22H24N4O2/c1-28-16-8-6-15(7-9-16)26-19-5-3-2-4-18(19)24-21(26)25-20(27)17-14-22(17)10-12-23-13-11-22/h2-9,17,23H,10-14H2,1H3,(H,24,25,27). The van der Waals surface area contributed by atoms with Crippen molar-refractivity contribution in [3.63, 3.8) is 0 Å². The molecular formula is C22H24N4O2. The highest BCUT2D eigenvalue weighted by atomic mass is 16.5. The number of nitrogens with one attached hydrogen (secondary N) is 2. The van der Waals surface area contributed by atoms with Crippen molar-refractivity contribution in [2.75, 3.05) is 25.5 Å². The number of benzene rings is 2. The largest absolute Gasteiger partial charge is 0.497 e. The first kappa shape index (κ1) is 17.3. The Morgan fingerprint density at radius 1 is 1.18 bits per heavy atom. The number of piperidine rings is 1. The van der Waals surface area contributed by atoms with E-state index in [-0.39, 0.29) is 17.2 Å². The van der Waals surface area contributed by atoms with Crippen molar-refractivity contribution in [3.05, 3.63) is 48.5 Å². The smallest absolute Gasteiger partial charge is 0.230 e. The van der Waals surface area contributed by atoms with Crippen molar-refractivity contribution in [1.29, 1.82) is 0 Å². The molecule has 144 valence electrons. The van der Waals surface area contributed by atoms with Crippen LogP contribution in [0.3, 0.4) is 0 Å². The lowest BCUT2D eigenvalue weighted by atomic mass is 9.92.